The molecular weight excluding hydrogens is 1160 g/mol. The van der Waals surface area contributed by atoms with Crippen molar-refractivity contribution in [3.05, 3.63) is 48.6 Å². The van der Waals surface area contributed by atoms with Crippen LogP contribution in [0.25, 0.3) is 0 Å². The predicted octanol–water partition coefficient (Wildman–Crippen LogP) is 5.60. The molecule has 3 fully saturated rings. The maximum atomic E-state index is 14.0. The number of carbonyl (C=O) groups is 10. The number of unbranched alkanes of at least 4 members (excludes halogenated alkanes) is 10. The van der Waals surface area contributed by atoms with E-state index in [-0.39, 0.29) is 5.75 Å². The molecular formula is C61H87NO26. The van der Waals surface area contributed by atoms with Gasteiger partial charge in [-0.2, -0.15) is 0 Å². The minimum absolute atomic E-state index is 0.140. The predicted molar refractivity (Wildman–Crippen MR) is 304 cm³/mol. The van der Waals surface area contributed by atoms with Gasteiger partial charge in [0.25, 0.3) is 0 Å². The van der Waals surface area contributed by atoms with Crippen molar-refractivity contribution in [1.82, 2.24) is 5.32 Å². The summed E-state index contributed by atoms with van der Waals surface area (Å²) in [4.78, 5) is 130. The molecule has 3 saturated heterocycles. The number of methoxy groups -OCH3 is 1. The zero-order valence-corrected chi connectivity index (χ0v) is 52.0. The van der Waals surface area contributed by atoms with Crippen molar-refractivity contribution in [3.8, 4) is 11.5 Å². The number of carbonyl (C=O) groups excluding carboxylic acids is 10. The Morgan fingerprint density at radius 3 is 1.24 bits per heavy atom. The minimum Gasteiger partial charge on any atom is -0.497 e. The Hall–Kier alpha value is -7.20. The lowest BCUT2D eigenvalue weighted by molar-refractivity contribution is -0.371. The van der Waals surface area contributed by atoms with E-state index in [4.69, 9.17) is 75.8 Å². The van der Waals surface area contributed by atoms with Crippen molar-refractivity contribution < 1.29 is 124 Å². The molecule has 88 heavy (non-hydrogen) atoms. The van der Waals surface area contributed by atoms with Crippen molar-refractivity contribution in [1.29, 1.82) is 0 Å². The molecule has 1 amide bonds. The molecule has 27 nitrogen and oxygen atoms in total. The topological polar surface area (TPSA) is 330 Å². The normalized spacial score (nSPS) is 26.8. The third-order valence-electron chi connectivity index (χ3n) is 13.6. The average molecular weight is 1250 g/mol. The van der Waals surface area contributed by atoms with Gasteiger partial charge in [0.15, 0.2) is 43.1 Å². The van der Waals surface area contributed by atoms with Gasteiger partial charge in [-0.05, 0) is 68.9 Å². The van der Waals surface area contributed by atoms with Crippen LogP contribution in [-0.4, -0.2) is 179 Å². The van der Waals surface area contributed by atoms with Crippen LogP contribution < -0.4 is 14.8 Å². The molecule has 1 aromatic carbocycles. The molecule has 1 aromatic rings. The summed E-state index contributed by atoms with van der Waals surface area (Å²) in [6.45, 7) is 9.43. The second kappa shape index (κ2) is 38.3. The third kappa shape index (κ3) is 25.5. The second-order valence-electron chi connectivity index (χ2n) is 21.1. The molecule has 3 aliphatic rings. The summed E-state index contributed by atoms with van der Waals surface area (Å²) in [7, 11) is 1.44. The molecule has 3 heterocycles. The van der Waals surface area contributed by atoms with E-state index < -0.39 is 172 Å². The maximum Gasteiger partial charge on any atom is 0.303 e. The number of amides is 1. The van der Waals surface area contributed by atoms with Crippen molar-refractivity contribution >= 4 is 59.6 Å². The summed E-state index contributed by atoms with van der Waals surface area (Å²) >= 11 is 0. The lowest BCUT2D eigenvalue weighted by atomic mass is 9.94. The third-order valence-corrected chi connectivity index (χ3v) is 13.6. The highest BCUT2D eigenvalue weighted by Crippen LogP contribution is 2.38. The van der Waals surface area contributed by atoms with Crippen molar-refractivity contribution in [3.63, 3.8) is 0 Å². The van der Waals surface area contributed by atoms with E-state index in [2.05, 4.69) is 24.4 Å². The van der Waals surface area contributed by atoms with E-state index >= 15 is 0 Å². The van der Waals surface area contributed by atoms with Crippen molar-refractivity contribution in [2.24, 2.45) is 0 Å². The monoisotopic (exact) mass is 1250 g/mol. The van der Waals surface area contributed by atoms with Crippen molar-refractivity contribution in [2.45, 2.75) is 238 Å². The summed E-state index contributed by atoms with van der Waals surface area (Å²) in [5.41, 5.74) is 0. The minimum atomic E-state index is -2.03. The summed E-state index contributed by atoms with van der Waals surface area (Å²) in [5, 5.41) is 2.72. The number of hydrogen-bond acceptors (Lipinski definition) is 26. The van der Waals surface area contributed by atoms with Gasteiger partial charge in [-0.25, -0.2) is 0 Å². The smallest absolute Gasteiger partial charge is 0.303 e. The van der Waals surface area contributed by atoms with Gasteiger partial charge in [0, 0.05) is 62.3 Å². The Morgan fingerprint density at radius 2 is 0.773 bits per heavy atom. The molecule has 0 bridgehead atoms. The standard InChI is InChI=1S/C61H87NO26/c1-12-13-14-15-16-17-18-19-20-21-22-23-24-25-26-27-49(72)62-50-54(78-39(6)67)51(77-38(5)66)46(32-74-35(2)63)84-59(50)87-52-47(33-75-36(3)64)86-61(58(82-43(10)71)55(52)79-40(7)68)88-53-48(34-76-37(4)65)85-60(83-45-30-28-44(73-11)29-31-45)57(81-42(9)70)56(53)80-41(8)69/h19-20,26-31,46-48,50-61H,12-18,21-25,32-34H2,1-11H3,(H,62,72)/b20-19-,27-26+/t46-,47-,48-,50-,51-,52-,53-,54-,55+,56+,57-,58-,59+,60?,61+/m1/s1. The highest BCUT2D eigenvalue weighted by molar-refractivity contribution is 5.87. The molecule has 492 valence electrons. The van der Waals surface area contributed by atoms with Gasteiger partial charge in [0.05, 0.1) is 7.11 Å². The highest BCUT2D eigenvalue weighted by Gasteiger charge is 2.60. The Morgan fingerprint density at radius 1 is 0.409 bits per heavy atom. The van der Waals surface area contributed by atoms with E-state index in [1.807, 2.05) is 0 Å². The van der Waals surface area contributed by atoms with Crippen LogP contribution in [-0.2, 0) is 114 Å². The number of rotatable bonds is 34. The van der Waals surface area contributed by atoms with Gasteiger partial charge in [-0.1, -0.05) is 63.7 Å². The molecule has 0 aliphatic carbocycles. The fraction of sp³-hybridized carbons (Fsp3) is 0.672. The van der Waals surface area contributed by atoms with Crippen molar-refractivity contribution in [2.75, 3.05) is 26.9 Å². The quantitative estimate of drug-likeness (QED) is 0.0288. The second-order valence-corrected chi connectivity index (χ2v) is 21.1. The van der Waals surface area contributed by atoms with Crippen LogP contribution in [0.1, 0.15) is 146 Å². The van der Waals surface area contributed by atoms with Crippen LogP contribution in [0.5, 0.6) is 11.5 Å². The van der Waals surface area contributed by atoms with Crippen LogP contribution in [0.2, 0.25) is 0 Å². The lowest BCUT2D eigenvalue weighted by Gasteiger charge is -2.50. The first-order valence-electron chi connectivity index (χ1n) is 29.5. The van der Waals surface area contributed by atoms with E-state index in [9.17, 15) is 47.9 Å². The molecule has 15 atom stereocenters. The molecule has 27 heteroatoms. The first-order valence-corrected chi connectivity index (χ1v) is 29.5. The molecule has 0 saturated carbocycles. The SMILES string of the molecule is CCCCCCCC/C=C\CCCCC/C=C/C(=O)N[C@H]1[C@H](O[C@H]2[C@H](OC(C)=O)[C@@H](OC(C)=O)[C@H](O[C@H]3[C@H](OC(C)=O)[C@@H](OC(C)=O)C(Oc4ccc(OC)cc4)O[C@@H]3COC(C)=O)O[C@@H]2COC(C)=O)O[C@H](COC(C)=O)[C@@H](OC(C)=O)[C@@H]1OC(C)=O. The number of hydrogen-bond donors (Lipinski definition) is 1. The van der Waals surface area contributed by atoms with Gasteiger partial charge in [-0.3, -0.25) is 47.9 Å². The van der Waals surface area contributed by atoms with Gasteiger partial charge < -0.3 is 81.1 Å². The van der Waals surface area contributed by atoms with Gasteiger partial charge in [-0.15, -0.1) is 0 Å². The van der Waals surface area contributed by atoms with Gasteiger partial charge in [0.2, 0.25) is 18.3 Å². The van der Waals surface area contributed by atoms with Crippen LogP contribution in [0.15, 0.2) is 48.6 Å². The zero-order valence-electron chi connectivity index (χ0n) is 52.0. The van der Waals surface area contributed by atoms with Crippen LogP contribution in [0, 0.1) is 0 Å². The molecule has 0 radical (unpaired) electrons. The number of allylic oxidation sites excluding steroid dienone is 3. The average Bonchev–Trinajstić information content (AvgIpc) is 0.821. The zero-order chi connectivity index (χ0) is 64.9. The molecule has 4 rings (SSSR count). The van der Waals surface area contributed by atoms with Crippen LogP contribution >= 0.6 is 0 Å². The molecule has 0 aromatic heterocycles. The fourth-order valence-corrected chi connectivity index (χ4v) is 9.90. The maximum absolute atomic E-state index is 14.0. The molecule has 1 N–H and O–H groups in total. The number of ether oxygens (including phenoxy) is 16. The Labute approximate surface area is 512 Å². The first-order chi connectivity index (χ1) is 41.9. The van der Waals surface area contributed by atoms with Gasteiger partial charge in [0.1, 0.15) is 67.9 Å². The fourth-order valence-electron chi connectivity index (χ4n) is 9.90. The Kier molecular flexibility index (Phi) is 31.9. The molecule has 1 unspecified atom stereocenters. The largest absolute Gasteiger partial charge is 0.497 e. The summed E-state index contributed by atoms with van der Waals surface area (Å²) in [6, 6.07) is 4.42. The van der Waals surface area contributed by atoms with E-state index in [1.54, 1.807) is 18.2 Å². The Balaban J connectivity index is 1.80. The highest BCUT2D eigenvalue weighted by atomic mass is 16.8. The number of nitrogens with one attached hydrogen (secondary N) is 1. The van der Waals surface area contributed by atoms with E-state index in [0.29, 0.717) is 12.2 Å². The summed E-state index contributed by atoms with van der Waals surface area (Å²) in [5.74, 6) is -8.50. The molecule has 3 aliphatic heterocycles. The lowest BCUT2D eigenvalue weighted by Crippen LogP contribution is -2.70. The number of benzene rings is 1. The van der Waals surface area contributed by atoms with E-state index in [0.717, 1.165) is 101 Å². The van der Waals surface area contributed by atoms with Crippen LogP contribution in [0.3, 0.4) is 0 Å². The summed E-state index contributed by atoms with van der Waals surface area (Å²) in [6.07, 6.45) is -5.04. The summed E-state index contributed by atoms with van der Waals surface area (Å²) < 4.78 is 94.7. The molecule has 0 spiro atoms. The Bertz CT molecular complexity index is 2500. The number of esters is 9. The first kappa shape index (κ1) is 73.3. The van der Waals surface area contributed by atoms with Crippen LogP contribution in [0.4, 0.5) is 0 Å². The van der Waals surface area contributed by atoms with E-state index in [1.165, 1.54) is 57.4 Å². The van der Waals surface area contributed by atoms with Gasteiger partial charge >= 0.3 is 53.7 Å².